The summed E-state index contributed by atoms with van der Waals surface area (Å²) in [6, 6.07) is 6.32. The second-order valence-corrected chi connectivity index (χ2v) is 11.5. The Morgan fingerprint density at radius 3 is 2.38 bits per heavy atom. The molecule has 1 aliphatic carbocycles. The number of hydrogen-bond acceptors (Lipinski definition) is 5. The number of carbonyl (C=O) groups is 3. The molecule has 0 saturated carbocycles. The quantitative estimate of drug-likeness (QED) is 0.471. The molecule has 2 unspecified atom stereocenters. The van der Waals surface area contributed by atoms with Crippen LogP contribution in [0.1, 0.15) is 46.6 Å². The highest BCUT2D eigenvalue weighted by Gasteiger charge is 2.50. The summed E-state index contributed by atoms with van der Waals surface area (Å²) in [5.41, 5.74) is -2.24. The minimum Gasteiger partial charge on any atom is -0.481 e. The molecule has 37 heavy (non-hydrogen) atoms. The van der Waals surface area contributed by atoms with Crippen molar-refractivity contribution >= 4 is 29.4 Å². The van der Waals surface area contributed by atoms with Gasteiger partial charge in [0.15, 0.2) is 0 Å². The van der Waals surface area contributed by atoms with E-state index in [-0.39, 0.29) is 11.8 Å². The van der Waals surface area contributed by atoms with Crippen molar-refractivity contribution in [3.05, 3.63) is 59.2 Å². The van der Waals surface area contributed by atoms with Gasteiger partial charge in [-0.15, -0.1) is 0 Å². The lowest BCUT2D eigenvalue weighted by atomic mass is 9.66. The molecule has 0 radical (unpaired) electrons. The van der Waals surface area contributed by atoms with Crippen LogP contribution in [0.3, 0.4) is 0 Å². The van der Waals surface area contributed by atoms with Gasteiger partial charge in [0.25, 0.3) is 0 Å². The fraction of sp³-hybridized carbons (Fsp3) is 0.536. The zero-order chi connectivity index (χ0) is 27.6. The third-order valence-corrected chi connectivity index (χ3v) is 7.82. The SMILES string of the molecule is CC(C)[C@@H](NC(=O)COC1(C)C=CC=CC1C(=O)O)C(=O)N1CC[C@](O)(c2ccc(Cl)cc2)C(C)(C)C1. The molecule has 1 saturated heterocycles. The van der Waals surface area contributed by atoms with Crippen LogP contribution in [0.4, 0.5) is 0 Å². The van der Waals surface area contributed by atoms with Gasteiger partial charge in [0.2, 0.25) is 11.8 Å². The van der Waals surface area contributed by atoms with Gasteiger partial charge in [-0.25, -0.2) is 0 Å². The summed E-state index contributed by atoms with van der Waals surface area (Å²) in [7, 11) is 0. The Morgan fingerprint density at radius 1 is 1.16 bits per heavy atom. The maximum Gasteiger partial charge on any atom is 0.313 e. The number of hydrogen-bond donors (Lipinski definition) is 3. The first-order valence-corrected chi connectivity index (χ1v) is 12.9. The van der Waals surface area contributed by atoms with E-state index in [2.05, 4.69) is 5.32 Å². The zero-order valence-electron chi connectivity index (χ0n) is 22.0. The van der Waals surface area contributed by atoms with Crippen molar-refractivity contribution in [1.82, 2.24) is 10.2 Å². The number of likely N-dealkylation sites (tertiary alicyclic amines) is 1. The van der Waals surface area contributed by atoms with Crippen LogP contribution >= 0.6 is 11.6 Å². The first-order chi connectivity index (χ1) is 17.2. The largest absolute Gasteiger partial charge is 0.481 e. The number of carbonyl (C=O) groups excluding carboxylic acids is 2. The number of carboxylic acids is 1. The van der Waals surface area contributed by atoms with Gasteiger partial charge in [0.05, 0.1) is 5.60 Å². The fourth-order valence-electron chi connectivity index (χ4n) is 5.10. The number of piperidine rings is 1. The summed E-state index contributed by atoms with van der Waals surface area (Å²) in [4.78, 5) is 39.6. The number of halogens is 1. The first-order valence-electron chi connectivity index (χ1n) is 12.5. The third kappa shape index (κ3) is 6.08. The van der Waals surface area contributed by atoms with Crippen molar-refractivity contribution in [2.45, 2.75) is 58.3 Å². The van der Waals surface area contributed by atoms with E-state index in [4.69, 9.17) is 16.3 Å². The molecule has 8 nitrogen and oxygen atoms in total. The van der Waals surface area contributed by atoms with Gasteiger partial charge >= 0.3 is 5.97 Å². The molecule has 0 aromatic heterocycles. The lowest BCUT2D eigenvalue weighted by Gasteiger charge is -2.51. The van der Waals surface area contributed by atoms with Crippen LogP contribution in [0.5, 0.6) is 0 Å². The second kappa shape index (κ2) is 11.0. The summed E-state index contributed by atoms with van der Waals surface area (Å²) in [6.07, 6.45) is 6.78. The standard InChI is InChI=1S/C28H37ClN2O6/c1-18(2)23(30-22(32)16-37-27(5)13-7-6-8-21(27)25(34)35)24(33)31-15-14-28(36,26(3,4)17-31)19-9-11-20(29)12-10-19/h6-13,18,21,23,36H,14-17H2,1-5H3,(H,30,32)(H,34,35)/t21?,23-,27?,28+/m1/s1. The number of ether oxygens (including phenoxy) is 1. The molecule has 3 rings (SSSR count). The topological polar surface area (TPSA) is 116 Å². The van der Waals surface area contributed by atoms with E-state index >= 15 is 0 Å². The Morgan fingerprint density at radius 2 is 1.81 bits per heavy atom. The van der Waals surface area contributed by atoms with E-state index in [1.54, 1.807) is 42.2 Å². The van der Waals surface area contributed by atoms with Gasteiger partial charge in [-0.2, -0.15) is 0 Å². The lowest BCUT2D eigenvalue weighted by Crippen LogP contribution is -2.60. The number of aliphatic carboxylic acids is 1. The molecule has 4 atom stereocenters. The maximum absolute atomic E-state index is 13.5. The molecule has 1 heterocycles. The number of nitrogens with zero attached hydrogens (tertiary/aromatic N) is 1. The number of amides is 2. The molecule has 1 aromatic carbocycles. The predicted octanol–water partition coefficient (Wildman–Crippen LogP) is 3.53. The van der Waals surface area contributed by atoms with Crippen molar-refractivity contribution in [3.63, 3.8) is 0 Å². The smallest absolute Gasteiger partial charge is 0.313 e. The van der Waals surface area contributed by atoms with Gasteiger partial charge in [-0.3, -0.25) is 14.4 Å². The summed E-state index contributed by atoms with van der Waals surface area (Å²) in [5, 5.41) is 24.5. The molecule has 1 aliphatic heterocycles. The van der Waals surface area contributed by atoms with Gasteiger partial charge in [0, 0.05) is 23.5 Å². The molecule has 2 aliphatic rings. The van der Waals surface area contributed by atoms with Gasteiger partial charge in [0.1, 0.15) is 24.2 Å². The Kier molecular flexibility index (Phi) is 8.57. The maximum atomic E-state index is 13.5. The van der Waals surface area contributed by atoms with Crippen LogP contribution in [0.25, 0.3) is 0 Å². The summed E-state index contributed by atoms with van der Waals surface area (Å²) < 4.78 is 5.73. The minimum atomic E-state index is -1.18. The normalized spacial score (nSPS) is 27.7. The van der Waals surface area contributed by atoms with E-state index in [1.165, 1.54) is 6.08 Å². The molecule has 3 N–H and O–H groups in total. The first kappa shape index (κ1) is 28.9. The third-order valence-electron chi connectivity index (χ3n) is 7.57. The van der Waals surface area contributed by atoms with Crippen LogP contribution < -0.4 is 5.32 Å². The summed E-state index contributed by atoms with van der Waals surface area (Å²) in [5.74, 6) is -2.91. The Bertz CT molecular complexity index is 1080. The van der Waals surface area contributed by atoms with Crippen LogP contribution in [-0.2, 0) is 24.7 Å². The summed E-state index contributed by atoms with van der Waals surface area (Å²) in [6.45, 7) is 9.38. The average Bonchev–Trinajstić information content (AvgIpc) is 2.82. The van der Waals surface area contributed by atoms with Gasteiger partial charge < -0.3 is 25.2 Å². The molecule has 2 amide bonds. The van der Waals surface area contributed by atoms with Crippen molar-refractivity contribution in [3.8, 4) is 0 Å². The van der Waals surface area contributed by atoms with E-state index in [0.29, 0.717) is 24.5 Å². The van der Waals surface area contributed by atoms with E-state index < -0.39 is 47.1 Å². The van der Waals surface area contributed by atoms with Crippen LogP contribution in [0.2, 0.25) is 5.02 Å². The molecule has 1 fully saturated rings. The number of carboxylic acid groups (broad SMARTS) is 1. The lowest BCUT2D eigenvalue weighted by molar-refractivity contribution is -0.157. The number of rotatable bonds is 8. The molecule has 0 spiro atoms. The Labute approximate surface area is 223 Å². The van der Waals surface area contributed by atoms with Crippen LogP contribution in [0, 0.1) is 17.3 Å². The van der Waals surface area contributed by atoms with E-state index in [9.17, 15) is 24.6 Å². The number of aliphatic hydroxyl groups is 1. The fourth-order valence-corrected chi connectivity index (χ4v) is 5.23. The molecular formula is C28H37ClN2O6. The van der Waals surface area contributed by atoms with Crippen molar-refractivity contribution in [2.75, 3.05) is 19.7 Å². The number of benzene rings is 1. The van der Waals surface area contributed by atoms with Gasteiger partial charge in [-0.05, 0) is 37.0 Å². The zero-order valence-corrected chi connectivity index (χ0v) is 22.8. The number of allylic oxidation sites excluding steroid dienone is 2. The van der Waals surface area contributed by atoms with Gasteiger partial charge in [-0.1, -0.05) is 75.7 Å². The average molecular weight is 533 g/mol. The monoisotopic (exact) mass is 532 g/mol. The molecule has 202 valence electrons. The van der Waals surface area contributed by atoms with E-state index in [0.717, 1.165) is 5.56 Å². The van der Waals surface area contributed by atoms with Crippen molar-refractivity contribution in [1.29, 1.82) is 0 Å². The van der Waals surface area contributed by atoms with E-state index in [1.807, 2.05) is 39.8 Å². The summed E-state index contributed by atoms with van der Waals surface area (Å²) >= 11 is 6.02. The highest BCUT2D eigenvalue weighted by atomic mass is 35.5. The number of nitrogens with one attached hydrogen (secondary N) is 1. The van der Waals surface area contributed by atoms with Crippen molar-refractivity contribution in [2.24, 2.45) is 17.3 Å². The predicted molar refractivity (Wildman–Crippen MR) is 141 cm³/mol. The van der Waals surface area contributed by atoms with Crippen LogP contribution in [-0.4, -0.2) is 64.2 Å². The molecule has 9 heteroatoms. The molecular weight excluding hydrogens is 496 g/mol. The molecule has 0 bridgehead atoms. The van der Waals surface area contributed by atoms with Crippen molar-refractivity contribution < 1.29 is 29.3 Å². The minimum absolute atomic E-state index is 0.198. The van der Waals surface area contributed by atoms with Crippen LogP contribution in [0.15, 0.2) is 48.6 Å². The second-order valence-electron chi connectivity index (χ2n) is 11.1. The Hall–Kier alpha value is -2.68. The molecule has 1 aromatic rings. The highest BCUT2D eigenvalue weighted by Crippen LogP contribution is 2.46. The Balaban J connectivity index is 1.67. The highest BCUT2D eigenvalue weighted by molar-refractivity contribution is 6.30.